The van der Waals surface area contributed by atoms with Crippen molar-refractivity contribution in [1.82, 2.24) is 0 Å². The van der Waals surface area contributed by atoms with Crippen molar-refractivity contribution in [3.05, 3.63) is 0 Å². The lowest BCUT2D eigenvalue weighted by atomic mass is 9.55. The Bertz CT molecular complexity index is 246. The van der Waals surface area contributed by atoms with Gasteiger partial charge in [-0.3, -0.25) is 0 Å². The van der Waals surface area contributed by atoms with Gasteiger partial charge in [0.2, 0.25) is 0 Å². The van der Waals surface area contributed by atoms with Crippen LogP contribution in [0.3, 0.4) is 0 Å². The highest BCUT2D eigenvalue weighted by atomic mass is 16.5. The lowest BCUT2D eigenvalue weighted by Gasteiger charge is -2.50. The van der Waals surface area contributed by atoms with Crippen molar-refractivity contribution in [3.8, 4) is 0 Å². The fourth-order valence-corrected chi connectivity index (χ4v) is 4.67. The highest BCUT2D eigenvalue weighted by molar-refractivity contribution is 4.98. The third kappa shape index (κ3) is 2.41. The van der Waals surface area contributed by atoms with Crippen molar-refractivity contribution in [2.45, 2.75) is 72.3 Å². The first-order chi connectivity index (χ1) is 8.18. The molecule has 2 aliphatic carbocycles. The maximum atomic E-state index is 5.87. The van der Waals surface area contributed by atoms with Gasteiger partial charge in [-0.1, -0.05) is 34.1 Å². The third-order valence-electron chi connectivity index (χ3n) is 5.45. The second kappa shape index (κ2) is 5.30. The predicted molar refractivity (Wildman–Crippen MR) is 73.0 cm³/mol. The number of ether oxygens (including phenoxy) is 1. The molecular weight excluding hydrogens is 208 g/mol. The summed E-state index contributed by atoms with van der Waals surface area (Å²) in [6.45, 7) is 10.0. The monoisotopic (exact) mass is 238 g/mol. The van der Waals surface area contributed by atoms with Gasteiger partial charge in [0, 0.05) is 6.61 Å². The zero-order valence-electron chi connectivity index (χ0n) is 12.2. The van der Waals surface area contributed by atoms with Crippen LogP contribution in [0.1, 0.15) is 66.2 Å². The molecule has 0 N–H and O–H groups in total. The molecule has 0 amide bonds. The fourth-order valence-electron chi connectivity index (χ4n) is 4.67. The summed E-state index contributed by atoms with van der Waals surface area (Å²) in [5, 5.41) is 0. The molecule has 1 aliphatic heterocycles. The van der Waals surface area contributed by atoms with E-state index in [0.717, 1.165) is 24.4 Å². The van der Waals surface area contributed by atoms with Gasteiger partial charge < -0.3 is 4.74 Å². The van der Waals surface area contributed by atoms with Gasteiger partial charge in [-0.15, -0.1) is 0 Å². The van der Waals surface area contributed by atoms with E-state index in [1.165, 1.54) is 38.5 Å². The Morgan fingerprint density at radius 1 is 0.941 bits per heavy atom. The summed E-state index contributed by atoms with van der Waals surface area (Å²) in [4.78, 5) is 0. The summed E-state index contributed by atoms with van der Waals surface area (Å²) in [6, 6.07) is 0. The highest BCUT2D eigenvalue weighted by Crippen LogP contribution is 2.54. The second-order valence-corrected chi connectivity index (χ2v) is 6.59. The van der Waals surface area contributed by atoms with E-state index in [0.29, 0.717) is 11.5 Å². The van der Waals surface area contributed by atoms with E-state index in [1.54, 1.807) is 0 Å². The minimum Gasteiger partial charge on any atom is -0.378 e. The minimum absolute atomic E-state index is 0.608. The van der Waals surface area contributed by atoms with Gasteiger partial charge in [-0.05, 0) is 55.3 Å². The molecule has 17 heavy (non-hydrogen) atoms. The zero-order valence-corrected chi connectivity index (χ0v) is 12.2. The predicted octanol–water partition coefficient (Wildman–Crippen LogP) is 4.65. The van der Waals surface area contributed by atoms with E-state index in [4.69, 9.17) is 4.74 Å². The Kier molecular flexibility index (Phi) is 4.18. The van der Waals surface area contributed by atoms with Crippen molar-refractivity contribution >= 4 is 0 Å². The van der Waals surface area contributed by atoms with Crippen molar-refractivity contribution in [1.29, 1.82) is 0 Å². The molecule has 2 saturated carbocycles. The molecular formula is C16H30O. The summed E-state index contributed by atoms with van der Waals surface area (Å²) < 4.78 is 5.87. The lowest BCUT2D eigenvalue weighted by Crippen LogP contribution is -2.44. The van der Waals surface area contributed by atoms with E-state index in [9.17, 15) is 0 Å². The first-order valence-electron chi connectivity index (χ1n) is 7.80. The Labute approximate surface area is 107 Å². The number of rotatable bonds is 0. The summed E-state index contributed by atoms with van der Waals surface area (Å²) in [7, 11) is 0. The van der Waals surface area contributed by atoms with Gasteiger partial charge in [0.15, 0.2) is 0 Å². The van der Waals surface area contributed by atoms with Crippen molar-refractivity contribution < 1.29 is 4.74 Å². The van der Waals surface area contributed by atoms with Crippen LogP contribution in [-0.2, 0) is 4.74 Å². The van der Waals surface area contributed by atoms with Crippen LogP contribution in [0.2, 0.25) is 0 Å². The Morgan fingerprint density at radius 2 is 1.71 bits per heavy atom. The molecule has 0 aromatic carbocycles. The molecule has 0 aromatic heterocycles. The van der Waals surface area contributed by atoms with E-state index in [-0.39, 0.29) is 0 Å². The van der Waals surface area contributed by atoms with E-state index in [1.807, 2.05) is 13.8 Å². The van der Waals surface area contributed by atoms with Crippen LogP contribution < -0.4 is 0 Å². The number of hydrogen-bond donors (Lipinski definition) is 0. The minimum atomic E-state index is 0.608. The standard InChI is InChI=1S/C14H24O.C2H6/c1-14(2)8-3-4-10-11-7-9-15-13(11)6-5-12(10)14;1-2/h10-13H,3-9H2,1-2H3;1-2H3. The molecule has 1 nitrogen and oxygen atoms in total. The summed E-state index contributed by atoms with van der Waals surface area (Å²) >= 11 is 0. The quantitative estimate of drug-likeness (QED) is 0.596. The van der Waals surface area contributed by atoms with Gasteiger partial charge in [0.1, 0.15) is 0 Å². The van der Waals surface area contributed by atoms with E-state index >= 15 is 0 Å². The molecule has 3 rings (SSSR count). The van der Waals surface area contributed by atoms with Gasteiger partial charge in [-0.25, -0.2) is 0 Å². The Balaban J connectivity index is 0.000000514. The molecule has 0 bridgehead atoms. The summed E-state index contributed by atoms with van der Waals surface area (Å²) in [6.07, 6.45) is 9.15. The van der Waals surface area contributed by atoms with Gasteiger partial charge in [-0.2, -0.15) is 0 Å². The van der Waals surface area contributed by atoms with E-state index < -0.39 is 0 Å². The zero-order chi connectivity index (χ0) is 12.5. The third-order valence-corrected chi connectivity index (χ3v) is 5.45. The smallest absolute Gasteiger partial charge is 0.0607 e. The first-order valence-corrected chi connectivity index (χ1v) is 7.80. The molecule has 0 aromatic rings. The largest absolute Gasteiger partial charge is 0.378 e. The van der Waals surface area contributed by atoms with Crippen LogP contribution in [0.25, 0.3) is 0 Å². The van der Waals surface area contributed by atoms with Crippen molar-refractivity contribution in [3.63, 3.8) is 0 Å². The van der Waals surface area contributed by atoms with E-state index in [2.05, 4.69) is 13.8 Å². The molecule has 0 radical (unpaired) electrons. The molecule has 100 valence electrons. The maximum Gasteiger partial charge on any atom is 0.0607 e. The van der Waals surface area contributed by atoms with Crippen molar-refractivity contribution in [2.24, 2.45) is 23.2 Å². The van der Waals surface area contributed by atoms with Crippen LogP contribution in [0.5, 0.6) is 0 Å². The SMILES string of the molecule is CC.CC1(C)CCCC2C3CCOC3CCC21. The normalized spacial score (nSPS) is 43.1. The molecule has 1 saturated heterocycles. The lowest BCUT2D eigenvalue weighted by molar-refractivity contribution is -0.0437. The van der Waals surface area contributed by atoms with Gasteiger partial charge >= 0.3 is 0 Å². The number of hydrogen-bond acceptors (Lipinski definition) is 1. The molecule has 4 unspecified atom stereocenters. The summed E-state index contributed by atoms with van der Waals surface area (Å²) in [5.41, 5.74) is 0.608. The molecule has 3 fully saturated rings. The maximum absolute atomic E-state index is 5.87. The molecule has 0 spiro atoms. The highest BCUT2D eigenvalue weighted by Gasteiger charge is 2.48. The molecule has 1 heterocycles. The van der Waals surface area contributed by atoms with Crippen molar-refractivity contribution in [2.75, 3.05) is 6.61 Å². The second-order valence-electron chi connectivity index (χ2n) is 6.59. The molecule has 4 atom stereocenters. The first kappa shape index (κ1) is 13.4. The van der Waals surface area contributed by atoms with Crippen LogP contribution in [-0.4, -0.2) is 12.7 Å². The molecule has 3 aliphatic rings. The Hall–Kier alpha value is -0.0400. The average Bonchev–Trinajstić information content (AvgIpc) is 2.79. The average molecular weight is 238 g/mol. The van der Waals surface area contributed by atoms with Gasteiger partial charge in [0.25, 0.3) is 0 Å². The fraction of sp³-hybridized carbons (Fsp3) is 1.00. The Morgan fingerprint density at radius 3 is 2.47 bits per heavy atom. The van der Waals surface area contributed by atoms with Gasteiger partial charge in [0.05, 0.1) is 6.10 Å². The van der Waals surface area contributed by atoms with Crippen LogP contribution >= 0.6 is 0 Å². The number of fused-ring (bicyclic) bond motifs is 3. The summed E-state index contributed by atoms with van der Waals surface area (Å²) in [5.74, 6) is 2.91. The van der Waals surface area contributed by atoms with Crippen LogP contribution in [0.15, 0.2) is 0 Å². The molecule has 1 heteroatoms. The van der Waals surface area contributed by atoms with Crippen LogP contribution in [0.4, 0.5) is 0 Å². The topological polar surface area (TPSA) is 9.23 Å². The van der Waals surface area contributed by atoms with Crippen LogP contribution in [0, 0.1) is 23.2 Å².